The van der Waals surface area contributed by atoms with Gasteiger partial charge in [-0.1, -0.05) is 0 Å². The van der Waals surface area contributed by atoms with E-state index in [1.54, 1.807) is 17.0 Å². The zero-order valence-electron chi connectivity index (χ0n) is 12.4. The van der Waals surface area contributed by atoms with Gasteiger partial charge in [-0.05, 0) is 52.3 Å². The summed E-state index contributed by atoms with van der Waals surface area (Å²) in [5.74, 6) is 0.0413. The first-order valence-corrected chi connectivity index (χ1v) is 8.14. The summed E-state index contributed by atoms with van der Waals surface area (Å²) in [5, 5.41) is 2.83. The quantitative estimate of drug-likeness (QED) is 0.870. The summed E-state index contributed by atoms with van der Waals surface area (Å²) < 4.78 is 5.79. The molecule has 1 aliphatic heterocycles. The van der Waals surface area contributed by atoms with E-state index in [9.17, 15) is 4.79 Å². The van der Waals surface area contributed by atoms with Crippen LogP contribution in [0.3, 0.4) is 0 Å². The standard InChI is InChI=1S/C16H18BrN3O2/c1-19-8-10-20(11-9-19)13-4-2-12(3-5-13)18-16(21)14-6-7-15(17)22-14/h2-7H,8-11H2,1H3,(H,18,21)/p+1. The van der Waals surface area contributed by atoms with Crippen LogP contribution in [0.1, 0.15) is 10.6 Å². The van der Waals surface area contributed by atoms with Crippen LogP contribution in [0.25, 0.3) is 0 Å². The summed E-state index contributed by atoms with van der Waals surface area (Å²) in [5.41, 5.74) is 1.97. The Morgan fingerprint density at radius 1 is 1.18 bits per heavy atom. The third-order valence-corrected chi connectivity index (χ3v) is 4.33. The number of halogens is 1. The van der Waals surface area contributed by atoms with Crippen molar-refractivity contribution in [2.45, 2.75) is 0 Å². The molecule has 0 aliphatic carbocycles. The normalized spacial score (nSPS) is 15.8. The monoisotopic (exact) mass is 364 g/mol. The number of benzene rings is 1. The van der Waals surface area contributed by atoms with Crippen molar-refractivity contribution in [3.63, 3.8) is 0 Å². The Morgan fingerprint density at radius 3 is 2.45 bits per heavy atom. The van der Waals surface area contributed by atoms with Crippen LogP contribution in [0.15, 0.2) is 45.5 Å². The van der Waals surface area contributed by atoms with Gasteiger partial charge in [0.25, 0.3) is 5.91 Å². The molecule has 1 aromatic carbocycles. The molecule has 2 aromatic rings. The van der Waals surface area contributed by atoms with Crippen molar-refractivity contribution < 1.29 is 14.1 Å². The van der Waals surface area contributed by atoms with Gasteiger partial charge < -0.3 is 19.5 Å². The molecule has 1 fully saturated rings. The SMILES string of the molecule is C[NH+]1CCN(c2ccc(NC(=O)c3ccc(Br)o3)cc2)CC1. The Labute approximate surface area is 138 Å². The number of hydrogen-bond acceptors (Lipinski definition) is 3. The molecule has 1 aromatic heterocycles. The third-order valence-electron chi connectivity index (χ3n) is 3.90. The number of hydrogen-bond donors (Lipinski definition) is 2. The van der Waals surface area contributed by atoms with Gasteiger partial charge in [0.15, 0.2) is 10.4 Å². The van der Waals surface area contributed by atoms with Gasteiger partial charge in [-0.3, -0.25) is 4.79 Å². The second-order valence-corrected chi connectivity index (χ2v) is 6.33. The molecule has 1 aliphatic rings. The molecule has 3 rings (SSSR count). The molecule has 0 saturated carbocycles. The zero-order chi connectivity index (χ0) is 15.5. The van der Waals surface area contributed by atoms with E-state index in [2.05, 4.69) is 33.2 Å². The van der Waals surface area contributed by atoms with Gasteiger partial charge in [0, 0.05) is 11.4 Å². The Kier molecular flexibility index (Phi) is 4.49. The number of quaternary nitrogens is 1. The molecule has 116 valence electrons. The fourth-order valence-corrected chi connectivity index (χ4v) is 2.84. The number of rotatable bonds is 3. The lowest BCUT2D eigenvalue weighted by atomic mass is 10.2. The maximum atomic E-state index is 12.0. The number of furan rings is 1. The highest BCUT2D eigenvalue weighted by Crippen LogP contribution is 2.19. The Balaban J connectivity index is 1.63. The molecule has 0 unspecified atom stereocenters. The van der Waals surface area contributed by atoms with Crippen LogP contribution in [0.5, 0.6) is 0 Å². The van der Waals surface area contributed by atoms with E-state index < -0.39 is 0 Å². The molecule has 0 atom stereocenters. The second-order valence-electron chi connectivity index (χ2n) is 5.55. The van der Waals surface area contributed by atoms with Crippen molar-refractivity contribution >= 4 is 33.2 Å². The summed E-state index contributed by atoms with van der Waals surface area (Å²) >= 11 is 3.19. The summed E-state index contributed by atoms with van der Waals surface area (Å²) in [6.07, 6.45) is 0. The highest BCUT2D eigenvalue weighted by molar-refractivity contribution is 9.10. The van der Waals surface area contributed by atoms with Crippen molar-refractivity contribution in [1.29, 1.82) is 0 Å². The average molecular weight is 365 g/mol. The van der Waals surface area contributed by atoms with E-state index in [1.807, 2.05) is 24.3 Å². The molecule has 1 amide bonds. The average Bonchev–Trinajstić information content (AvgIpc) is 2.96. The molecule has 2 N–H and O–H groups in total. The number of likely N-dealkylation sites (N-methyl/N-ethyl adjacent to an activating group) is 1. The van der Waals surface area contributed by atoms with Crippen molar-refractivity contribution in [2.75, 3.05) is 43.4 Å². The lowest BCUT2D eigenvalue weighted by Gasteiger charge is -2.31. The van der Waals surface area contributed by atoms with Crippen LogP contribution >= 0.6 is 15.9 Å². The Bertz CT molecular complexity index is 646. The number of nitrogens with one attached hydrogen (secondary N) is 2. The first kappa shape index (κ1) is 15.1. The van der Waals surface area contributed by atoms with Gasteiger partial charge in [0.1, 0.15) is 0 Å². The molecule has 0 bridgehead atoms. The third kappa shape index (κ3) is 3.51. The fourth-order valence-electron chi connectivity index (χ4n) is 2.53. The predicted octanol–water partition coefficient (Wildman–Crippen LogP) is 1.63. The minimum absolute atomic E-state index is 0.248. The summed E-state index contributed by atoms with van der Waals surface area (Å²) in [4.78, 5) is 16.0. The van der Waals surface area contributed by atoms with E-state index in [4.69, 9.17) is 4.42 Å². The van der Waals surface area contributed by atoms with Crippen LogP contribution in [0.2, 0.25) is 0 Å². The number of amides is 1. The predicted molar refractivity (Wildman–Crippen MR) is 89.6 cm³/mol. The summed E-state index contributed by atoms with van der Waals surface area (Å²) in [6.45, 7) is 4.45. The number of carbonyl (C=O) groups excluding carboxylic acids is 1. The zero-order valence-corrected chi connectivity index (χ0v) is 14.0. The molecule has 2 heterocycles. The lowest BCUT2D eigenvalue weighted by molar-refractivity contribution is -0.880. The largest absolute Gasteiger partial charge is 0.444 e. The number of anilines is 2. The van der Waals surface area contributed by atoms with E-state index >= 15 is 0 Å². The van der Waals surface area contributed by atoms with Crippen LogP contribution in [-0.4, -0.2) is 39.1 Å². The highest BCUT2D eigenvalue weighted by atomic mass is 79.9. The van der Waals surface area contributed by atoms with Crippen molar-refractivity contribution in [3.8, 4) is 0 Å². The highest BCUT2D eigenvalue weighted by Gasteiger charge is 2.17. The number of carbonyl (C=O) groups is 1. The number of piperazine rings is 1. The maximum absolute atomic E-state index is 12.0. The second kappa shape index (κ2) is 6.54. The van der Waals surface area contributed by atoms with Crippen LogP contribution < -0.4 is 15.1 Å². The molecule has 6 heteroatoms. The number of nitrogens with zero attached hydrogens (tertiary/aromatic N) is 1. The Hall–Kier alpha value is -1.79. The first-order valence-electron chi connectivity index (χ1n) is 7.35. The fraction of sp³-hybridized carbons (Fsp3) is 0.312. The molecule has 5 nitrogen and oxygen atoms in total. The molecule has 0 radical (unpaired) electrons. The van der Waals surface area contributed by atoms with Gasteiger partial charge in [-0.15, -0.1) is 0 Å². The van der Waals surface area contributed by atoms with Gasteiger partial charge in [0.05, 0.1) is 33.2 Å². The van der Waals surface area contributed by atoms with Gasteiger partial charge >= 0.3 is 0 Å². The van der Waals surface area contributed by atoms with Crippen LogP contribution in [0, 0.1) is 0 Å². The van der Waals surface area contributed by atoms with Crippen molar-refractivity contribution in [1.82, 2.24) is 0 Å². The Morgan fingerprint density at radius 2 is 1.86 bits per heavy atom. The van der Waals surface area contributed by atoms with Crippen LogP contribution in [0.4, 0.5) is 11.4 Å². The molecule has 22 heavy (non-hydrogen) atoms. The minimum atomic E-state index is -0.248. The van der Waals surface area contributed by atoms with Crippen molar-refractivity contribution in [3.05, 3.63) is 46.8 Å². The molecular formula is C16H19BrN3O2+. The van der Waals surface area contributed by atoms with Gasteiger partial charge in [-0.2, -0.15) is 0 Å². The van der Waals surface area contributed by atoms with E-state index in [-0.39, 0.29) is 11.7 Å². The van der Waals surface area contributed by atoms with E-state index in [1.165, 1.54) is 5.69 Å². The van der Waals surface area contributed by atoms with Crippen molar-refractivity contribution in [2.24, 2.45) is 0 Å². The van der Waals surface area contributed by atoms with Crippen LogP contribution in [-0.2, 0) is 0 Å². The molecule has 0 spiro atoms. The molecular weight excluding hydrogens is 346 g/mol. The maximum Gasteiger partial charge on any atom is 0.291 e. The molecule has 1 saturated heterocycles. The first-order chi connectivity index (χ1) is 10.6. The summed E-state index contributed by atoms with van der Waals surface area (Å²) in [6, 6.07) is 11.3. The van der Waals surface area contributed by atoms with E-state index in [0.29, 0.717) is 4.67 Å². The summed E-state index contributed by atoms with van der Waals surface area (Å²) in [7, 11) is 2.23. The van der Waals surface area contributed by atoms with Gasteiger partial charge in [0.2, 0.25) is 0 Å². The smallest absolute Gasteiger partial charge is 0.291 e. The van der Waals surface area contributed by atoms with E-state index in [0.717, 1.165) is 31.9 Å². The topological polar surface area (TPSA) is 49.9 Å². The van der Waals surface area contributed by atoms with Gasteiger partial charge in [-0.25, -0.2) is 0 Å². The minimum Gasteiger partial charge on any atom is -0.444 e. The lowest BCUT2D eigenvalue weighted by Crippen LogP contribution is -3.12.